The Labute approximate surface area is 122 Å². The SMILES string of the molecule is CN(C)c1cccc(C(=O)Nc2ccc(O)c(Cl)c2)c1. The predicted octanol–water partition coefficient (Wildman–Crippen LogP) is 3.36. The first kappa shape index (κ1) is 14.2. The van der Waals surface area contributed by atoms with Crippen molar-refractivity contribution >= 4 is 28.9 Å². The Hall–Kier alpha value is -2.20. The molecular formula is C15H15ClN2O2. The molecule has 2 aromatic rings. The molecule has 2 N–H and O–H groups in total. The van der Waals surface area contributed by atoms with Crippen molar-refractivity contribution in [3.8, 4) is 5.75 Å². The lowest BCUT2D eigenvalue weighted by Crippen LogP contribution is -2.14. The Kier molecular flexibility index (Phi) is 4.15. The third kappa shape index (κ3) is 3.22. The van der Waals surface area contributed by atoms with Gasteiger partial charge >= 0.3 is 0 Å². The van der Waals surface area contributed by atoms with Crippen LogP contribution in [-0.4, -0.2) is 25.1 Å². The number of halogens is 1. The van der Waals surface area contributed by atoms with E-state index in [2.05, 4.69) is 5.32 Å². The number of phenolic OH excluding ortho intramolecular Hbond substituents is 1. The van der Waals surface area contributed by atoms with Gasteiger partial charge in [0, 0.05) is 31.0 Å². The zero-order valence-electron chi connectivity index (χ0n) is 11.2. The van der Waals surface area contributed by atoms with Crippen LogP contribution in [0.25, 0.3) is 0 Å². The molecule has 0 aromatic heterocycles. The molecule has 1 amide bonds. The van der Waals surface area contributed by atoms with Gasteiger partial charge in [0.05, 0.1) is 5.02 Å². The van der Waals surface area contributed by atoms with Gasteiger partial charge < -0.3 is 15.3 Å². The summed E-state index contributed by atoms with van der Waals surface area (Å²) in [6.45, 7) is 0. The fraction of sp³-hybridized carbons (Fsp3) is 0.133. The van der Waals surface area contributed by atoms with E-state index >= 15 is 0 Å². The van der Waals surface area contributed by atoms with Gasteiger partial charge in [0.2, 0.25) is 0 Å². The van der Waals surface area contributed by atoms with Gasteiger partial charge in [-0.25, -0.2) is 0 Å². The van der Waals surface area contributed by atoms with Crippen molar-refractivity contribution in [2.75, 3.05) is 24.3 Å². The van der Waals surface area contributed by atoms with Crippen molar-refractivity contribution < 1.29 is 9.90 Å². The van der Waals surface area contributed by atoms with Crippen LogP contribution in [0.15, 0.2) is 42.5 Å². The summed E-state index contributed by atoms with van der Waals surface area (Å²) >= 11 is 5.80. The number of aromatic hydroxyl groups is 1. The van der Waals surface area contributed by atoms with Crippen LogP contribution in [0.4, 0.5) is 11.4 Å². The van der Waals surface area contributed by atoms with Crippen LogP contribution in [0.5, 0.6) is 5.75 Å². The molecule has 0 fully saturated rings. The number of hydrogen-bond acceptors (Lipinski definition) is 3. The maximum atomic E-state index is 12.1. The quantitative estimate of drug-likeness (QED) is 0.852. The summed E-state index contributed by atoms with van der Waals surface area (Å²) < 4.78 is 0. The fourth-order valence-corrected chi connectivity index (χ4v) is 1.89. The molecule has 2 aromatic carbocycles. The molecule has 0 saturated carbocycles. The minimum atomic E-state index is -0.226. The fourth-order valence-electron chi connectivity index (χ4n) is 1.71. The van der Waals surface area contributed by atoms with Gasteiger partial charge in [-0.15, -0.1) is 0 Å². The topological polar surface area (TPSA) is 52.6 Å². The normalized spacial score (nSPS) is 10.2. The largest absolute Gasteiger partial charge is 0.506 e. The van der Waals surface area contributed by atoms with E-state index in [1.165, 1.54) is 12.1 Å². The molecule has 0 saturated heterocycles. The van der Waals surface area contributed by atoms with Crippen LogP contribution in [0.3, 0.4) is 0 Å². The molecule has 0 aliphatic rings. The lowest BCUT2D eigenvalue weighted by atomic mass is 10.1. The highest BCUT2D eigenvalue weighted by molar-refractivity contribution is 6.32. The highest BCUT2D eigenvalue weighted by atomic mass is 35.5. The average Bonchev–Trinajstić information content (AvgIpc) is 2.43. The van der Waals surface area contributed by atoms with Crippen LogP contribution < -0.4 is 10.2 Å². The van der Waals surface area contributed by atoms with Gasteiger partial charge in [-0.3, -0.25) is 4.79 Å². The number of phenols is 1. The zero-order chi connectivity index (χ0) is 14.7. The minimum Gasteiger partial charge on any atom is -0.506 e. The molecule has 0 aliphatic heterocycles. The molecule has 0 bridgehead atoms. The Morgan fingerprint density at radius 2 is 1.95 bits per heavy atom. The highest BCUT2D eigenvalue weighted by Gasteiger charge is 2.08. The number of hydrogen-bond donors (Lipinski definition) is 2. The van der Waals surface area contributed by atoms with E-state index in [-0.39, 0.29) is 16.7 Å². The maximum Gasteiger partial charge on any atom is 0.255 e. The van der Waals surface area contributed by atoms with E-state index in [4.69, 9.17) is 11.6 Å². The number of nitrogens with one attached hydrogen (secondary N) is 1. The molecule has 0 heterocycles. The third-order valence-corrected chi connectivity index (χ3v) is 3.13. The first-order chi connectivity index (χ1) is 9.47. The third-order valence-electron chi connectivity index (χ3n) is 2.83. The summed E-state index contributed by atoms with van der Waals surface area (Å²) in [5.41, 5.74) is 2.04. The van der Waals surface area contributed by atoms with Crippen molar-refractivity contribution in [2.24, 2.45) is 0 Å². The molecule has 0 aliphatic carbocycles. The summed E-state index contributed by atoms with van der Waals surface area (Å²) in [7, 11) is 3.83. The molecule has 104 valence electrons. The Balaban J connectivity index is 2.19. The molecular weight excluding hydrogens is 276 g/mol. The molecule has 0 spiro atoms. The van der Waals surface area contributed by atoms with Gasteiger partial charge in [0.25, 0.3) is 5.91 Å². The van der Waals surface area contributed by atoms with E-state index in [9.17, 15) is 9.90 Å². The monoisotopic (exact) mass is 290 g/mol. The summed E-state index contributed by atoms with van der Waals surface area (Å²) in [6, 6.07) is 11.8. The van der Waals surface area contributed by atoms with E-state index < -0.39 is 0 Å². The van der Waals surface area contributed by atoms with Gasteiger partial charge in [0.15, 0.2) is 0 Å². The second-order valence-electron chi connectivity index (χ2n) is 4.57. The van der Waals surface area contributed by atoms with Crippen molar-refractivity contribution in [1.82, 2.24) is 0 Å². The maximum absolute atomic E-state index is 12.1. The average molecular weight is 291 g/mol. The second kappa shape index (κ2) is 5.84. The Morgan fingerprint density at radius 1 is 1.20 bits per heavy atom. The molecule has 0 radical (unpaired) electrons. The standard InChI is InChI=1S/C15H15ClN2O2/c1-18(2)12-5-3-4-10(8-12)15(20)17-11-6-7-14(19)13(16)9-11/h3-9,19H,1-2H3,(H,17,20). The highest BCUT2D eigenvalue weighted by Crippen LogP contribution is 2.26. The van der Waals surface area contributed by atoms with E-state index in [0.717, 1.165) is 5.69 Å². The van der Waals surface area contributed by atoms with Gasteiger partial charge in [-0.05, 0) is 36.4 Å². The predicted molar refractivity (Wildman–Crippen MR) is 81.8 cm³/mol. The molecule has 2 rings (SSSR count). The number of carbonyl (C=O) groups is 1. The Bertz CT molecular complexity index is 642. The Morgan fingerprint density at radius 3 is 2.60 bits per heavy atom. The first-order valence-corrected chi connectivity index (χ1v) is 6.42. The first-order valence-electron chi connectivity index (χ1n) is 6.04. The van der Waals surface area contributed by atoms with E-state index in [1.54, 1.807) is 18.2 Å². The summed E-state index contributed by atoms with van der Waals surface area (Å²) in [4.78, 5) is 14.1. The number of amides is 1. The summed E-state index contributed by atoms with van der Waals surface area (Å²) in [5.74, 6) is -0.241. The van der Waals surface area contributed by atoms with Crippen LogP contribution in [0.1, 0.15) is 10.4 Å². The molecule has 0 atom stereocenters. The number of benzene rings is 2. The summed E-state index contributed by atoms with van der Waals surface area (Å²) in [5, 5.41) is 12.3. The van der Waals surface area contributed by atoms with E-state index in [0.29, 0.717) is 11.3 Å². The lowest BCUT2D eigenvalue weighted by Gasteiger charge is -2.13. The number of carbonyl (C=O) groups excluding carboxylic acids is 1. The lowest BCUT2D eigenvalue weighted by molar-refractivity contribution is 0.102. The van der Waals surface area contributed by atoms with Crippen LogP contribution in [0.2, 0.25) is 5.02 Å². The summed E-state index contributed by atoms with van der Waals surface area (Å²) in [6.07, 6.45) is 0. The number of nitrogens with zero attached hydrogens (tertiary/aromatic N) is 1. The van der Waals surface area contributed by atoms with Crippen molar-refractivity contribution in [3.63, 3.8) is 0 Å². The van der Waals surface area contributed by atoms with E-state index in [1.807, 2.05) is 31.1 Å². The number of rotatable bonds is 3. The van der Waals surface area contributed by atoms with Crippen LogP contribution in [-0.2, 0) is 0 Å². The zero-order valence-corrected chi connectivity index (χ0v) is 12.0. The molecule has 20 heavy (non-hydrogen) atoms. The molecule has 4 nitrogen and oxygen atoms in total. The second-order valence-corrected chi connectivity index (χ2v) is 4.97. The van der Waals surface area contributed by atoms with Crippen molar-refractivity contribution in [3.05, 3.63) is 53.1 Å². The minimum absolute atomic E-state index is 0.0146. The molecule has 0 unspecified atom stereocenters. The van der Waals surface area contributed by atoms with Crippen molar-refractivity contribution in [2.45, 2.75) is 0 Å². The molecule has 5 heteroatoms. The smallest absolute Gasteiger partial charge is 0.255 e. The van der Waals surface area contributed by atoms with Gasteiger partial charge in [-0.2, -0.15) is 0 Å². The van der Waals surface area contributed by atoms with Crippen LogP contribution >= 0.6 is 11.6 Å². The van der Waals surface area contributed by atoms with Gasteiger partial charge in [-0.1, -0.05) is 17.7 Å². The van der Waals surface area contributed by atoms with Crippen LogP contribution in [0, 0.1) is 0 Å². The van der Waals surface area contributed by atoms with Crippen molar-refractivity contribution in [1.29, 1.82) is 0 Å². The number of anilines is 2. The van der Waals surface area contributed by atoms with Gasteiger partial charge in [0.1, 0.15) is 5.75 Å².